The second kappa shape index (κ2) is 9.60. The number of methoxy groups -OCH3 is 1. The van der Waals surface area contributed by atoms with Gasteiger partial charge in [0.25, 0.3) is 0 Å². The van der Waals surface area contributed by atoms with Gasteiger partial charge in [0.2, 0.25) is 5.91 Å². The number of pyridine rings is 1. The van der Waals surface area contributed by atoms with Crippen LogP contribution in [-0.4, -0.2) is 89.7 Å². The molecule has 4 heterocycles. The zero-order valence-electron chi connectivity index (χ0n) is 20.8. The Morgan fingerprint density at radius 1 is 1.23 bits per heavy atom. The van der Waals surface area contributed by atoms with Crippen LogP contribution in [0.5, 0.6) is 5.75 Å². The van der Waals surface area contributed by atoms with Crippen molar-refractivity contribution in [2.24, 2.45) is 0 Å². The number of aliphatic hydroxyl groups is 1. The smallest absolute Gasteiger partial charge is 0.237 e. The minimum absolute atomic E-state index is 0.0505. The van der Waals surface area contributed by atoms with E-state index < -0.39 is 0 Å². The number of aromatic amines is 1. The van der Waals surface area contributed by atoms with Gasteiger partial charge in [0.15, 0.2) is 0 Å². The van der Waals surface area contributed by atoms with Crippen molar-refractivity contribution in [3.63, 3.8) is 0 Å². The van der Waals surface area contributed by atoms with Crippen molar-refractivity contribution >= 4 is 16.8 Å². The molecule has 2 aromatic heterocycles. The topological polar surface area (TPSA) is 84.9 Å². The molecular weight excluding hydrogens is 442 g/mol. The SMILES string of the molecule is COc1ccc2c3c([nH]c2c1)[C@H](CO)N(C(=O)CN(C)C)CC31CCN(Cc2ccncc2)CC1. The number of amides is 1. The lowest BCUT2D eigenvalue weighted by Gasteiger charge is -2.50. The minimum Gasteiger partial charge on any atom is -0.497 e. The number of carbonyl (C=O) groups excluding carboxylic acids is 1. The number of likely N-dealkylation sites (tertiary alicyclic amines) is 1. The molecule has 8 nitrogen and oxygen atoms in total. The van der Waals surface area contributed by atoms with E-state index in [4.69, 9.17) is 4.74 Å². The molecule has 2 aliphatic heterocycles. The van der Waals surface area contributed by atoms with Crippen molar-refractivity contribution in [2.75, 3.05) is 54.0 Å². The van der Waals surface area contributed by atoms with Crippen molar-refractivity contribution in [1.29, 1.82) is 0 Å². The first-order valence-corrected chi connectivity index (χ1v) is 12.3. The van der Waals surface area contributed by atoms with Crippen molar-refractivity contribution in [3.05, 3.63) is 59.5 Å². The van der Waals surface area contributed by atoms with Crippen LogP contribution in [0.2, 0.25) is 0 Å². The Bertz CT molecular complexity index is 1180. The molecule has 0 saturated carbocycles. The van der Waals surface area contributed by atoms with E-state index in [-0.39, 0.29) is 24.0 Å². The first-order valence-electron chi connectivity index (χ1n) is 12.3. The highest BCUT2D eigenvalue weighted by Crippen LogP contribution is 2.49. The number of likely N-dealkylation sites (N-methyl/N-ethyl adjacent to an activating group) is 1. The van der Waals surface area contributed by atoms with Crippen LogP contribution in [0.15, 0.2) is 42.7 Å². The van der Waals surface area contributed by atoms with Crippen molar-refractivity contribution in [1.82, 2.24) is 24.7 Å². The maximum atomic E-state index is 13.4. The average molecular weight is 478 g/mol. The molecule has 0 aliphatic carbocycles. The third kappa shape index (κ3) is 4.42. The van der Waals surface area contributed by atoms with Gasteiger partial charge in [-0.3, -0.25) is 14.7 Å². The Morgan fingerprint density at radius 2 is 1.97 bits per heavy atom. The number of nitrogens with zero attached hydrogens (tertiary/aromatic N) is 4. The normalized spacial score (nSPS) is 19.9. The summed E-state index contributed by atoms with van der Waals surface area (Å²) in [7, 11) is 5.48. The fourth-order valence-electron chi connectivity index (χ4n) is 5.92. The first kappa shape index (κ1) is 23.8. The first-order chi connectivity index (χ1) is 16.9. The summed E-state index contributed by atoms with van der Waals surface area (Å²) in [5.74, 6) is 0.841. The number of hydrogen-bond donors (Lipinski definition) is 2. The van der Waals surface area contributed by atoms with E-state index in [1.54, 1.807) is 7.11 Å². The summed E-state index contributed by atoms with van der Waals surface area (Å²) in [5.41, 5.74) is 4.34. The standard InChI is InChI=1S/C27H35N5O3/c1-30(2)16-24(34)32-18-27(8-12-31(13-9-27)15-19-6-10-28-11-7-19)25-21-5-4-20(35-3)14-22(21)29-26(25)23(32)17-33/h4-7,10-11,14,23,29,33H,8-9,12-13,15-18H2,1-3H3/t23-/m0/s1. The highest BCUT2D eigenvalue weighted by atomic mass is 16.5. The summed E-state index contributed by atoms with van der Waals surface area (Å²) < 4.78 is 5.47. The number of piperidine rings is 1. The van der Waals surface area contributed by atoms with Crippen LogP contribution in [0.1, 0.15) is 35.7 Å². The van der Waals surface area contributed by atoms with Gasteiger partial charge in [-0.15, -0.1) is 0 Å². The maximum absolute atomic E-state index is 13.4. The van der Waals surface area contributed by atoms with Crippen molar-refractivity contribution in [2.45, 2.75) is 30.8 Å². The molecule has 2 N–H and O–H groups in total. The number of aromatic nitrogens is 2. The quantitative estimate of drug-likeness (QED) is 0.568. The highest BCUT2D eigenvalue weighted by molar-refractivity contribution is 5.89. The predicted molar refractivity (Wildman–Crippen MR) is 135 cm³/mol. The molecule has 1 atom stereocenters. The number of nitrogens with one attached hydrogen (secondary N) is 1. The highest BCUT2D eigenvalue weighted by Gasteiger charge is 2.48. The summed E-state index contributed by atoms with van der Waals surface area (Å²) in [4.78, 5) is 27.4. The largest absolute Gasteiger partial charge is 0.497 e. The Hall–Kier alpha value is -2.94. The van der Waals surface area contributed by atoms with Gasteiger partial charge in [0.1, 0.15) is 5.75 Å². The maximum Gasteiger partial charge on any atom is 0.237 e. The van der Waals surface area contributed by atoms with Crippen LogP contribution < -0.4 is 4.74 Å². The van der Waals surface area contributed by atoms with E-state index in [9.17, 15) is 9.90 Å². The number of aliphatic hydroxyl groups excluding tert-OH is 1. The van der Waals surface area contributed by atoms with Gasteiger partial charge in [0.05, 0.1) is 26.3 Å². The Kier molecular flexibility index (Phi) is 6.53. The second-order valence-corrected chi connectivity index (χ2v) is 10.2. The molecule has 1 aromatic carbocycles. The molecular formula is C27H35N5O3. The van der Waals surface area contributed by atoms with Crippen LogP contribution in [0.4, 0.5) is 0 Å². The molecule has 1 fully saturated rings. The van der Waals surface area contributed by atoms with Gasteiger partial charge in [-0.05, 0) is 75.4 Å². The van der Waals surface area contributed by atoms with E-state index in [1.807, 2.05) is 48.4 Å². The number of benzene rings is 1. The zero-order valence-corrected chi connectivity index (χ0v) is 20.8. The molecule has 0 bridgehead atoms. The van der Waals surface area contributed by atoms with Crippen LogP contribution in [0, 0.1) is 0 Å². The zero-order chi connectivity index (χ0) is 24.6. The summed E-state index contributed by atoms with van der Waals surface area (Å²) in [6, 6.07) is 9.91. The summed E-state index contributed by atoms with van der Waals surface area (Å²) in [6.07, 6.45) is 5.59. The van der Waals surface area contributed by atoms with Crippen molar-refractivity contribution < 1.29 is 14.6 Å². The van der Waals surface area contributed by atoms with Crippen LogP contribution in [0.25, 0.3) is 10.9 Å². The predicted octanol–water partition coefficient (Wildman–Crippen LogP) is 2.54. The van der Waals surface area contributed by atoms with E-state index >= 15 is 0 Å². The summed E-state index contributed by atoms with van der Waals surface area (Å²) in [6.45, 7) is 3.64. The molecule has 5 rings (SSSR count). The van der Waals surface area contributed by atoms with E-state index in [0.717, 1.165) is 49.4 Å². The number of carbonyl (C=O) groups is 1. The lowest BCUT2D eigenvalue weighted by molar-refractivity contribution is -0.138. The molecule has 3 aromatic rings. The summed E-state index contributed by atoms with van der Waals surface area (Å²) >= 11 is 0. The fourth-order valence-corrected chi connectivity index (χ4v) is 5.92. The molecule has 2 aliphatic rings. The van der Waals surface area contributed by atoms with E-state index in [2.05, 4.69) is 33.1 Å². The lowest BCUT2D eigenvalue weighted by Crippen LogP contribution is -2.56. The van der Waals surface area contributed by atoms with Gasteiger partial charge < -0.3 is 24.6 Å². The van der Waals surface area contributed by atoms with Gasteiger partial charge in [0, 0.05) is 53.6 Å². The molecule has 8 heteroatoms. The number of ether oxygens (including phenoxy) is 1. The monoisotopic (exact) mass is 477 g/mol. The van der Waals surface area contributed by atoms with Crippen molar-refractivity contribution in [3.8, 4) is 5.75 Å². The van der Waals surface area contributed by atoms with Gasteiger partial charge in [-0.2, -0.15) is 0 Å². The second-order valence-electron chi connectivity index (χ2n) is 10.2. The molecule has 0 radical (unpaired) electrons. The molecule has 0 unspecified atom stereocenters. The Morgan fingerprint density at radius 3 is 2.63 bits per heavy atom. The Labute approximate surface area is 206 Å². The van der Waals surface area contributed by atoms with Crippen LogP contribution in [0.3, 0.4) is 0 Å². The molecule has 1 amide bonds. The molecule has 186 valence electrons. The molecule has 1 spiro atoms. The number of H-pyrrole nitrogens is 1. The average Bonchev–Trinajstić information content (AvgIpc) is 3.25. The minimum atomic E-state index is -0.378. The van der Waals surface area contributed by atoms with E-state index in [0.29, 0.717) is 13.1 Å². The third-order valence-electron chi connectivity index (χ3n) is 7.66. The third-order valence-corrected chi connectivity index (χ3v) is 7.66. The van der Waals surface area contributed by atoms with E-state index in [1.165, 1.54) is 16.5 Å². The lowest BCUT2D eigenvalue weighted by atomic mass is 9.68. The van der Waals surface area contributed by atoms with Gasteiger partial charge in [-0.1, -0.05) is 0 Å². The van der Waals surface area contributed by atoms with Crippen LogP contribution in [-0.2, 0) is 16.8 Å². The van der Waals surface area contributed by atoms with Crippen LogP contribution >= 0.6 is 0 Å². The van der Waals surface area contributed by atoms with Gasteiger partial charge in [-0.25, -0.2) is 0 Å². The number of fused-ring (bicyclic) bond motifs is 4. The van der Waals surface area contributed by atoms with Gasteiger partial charge >= 0.3 is 0 Å². The Balaban J connectivity index is 1.53. The molecule has 35 heavy (non-hydrogen) atoms. The number of hydrogen-bond acceptors (Lipinski definition) is 6. The summed E-state index contributed by atoms with van der Waals surface area (Å²) in [5, 5.41) is 11.6. The number of rotatable bonds is 6. The molecule has 1 saturated heterocycles. The fraction of sp³-hybridized carbons (Fsp3) is 0.481.